The lowest BCUT2D eigenvalue weighted by atomic mass is 9.97. The first-order valence-electron chi connectivity index (χ1n) is 12.6. The number of anilines is 2. The first kappa shape index (κ1) is 28.3. The second kappa shape index (κ2) is 12.4. The third-order valence-electron chi connectivity index (χ3n) is 6.42. The van der Waals surface area contributed by atoms with Crippen LogP contribution >= 0.6 is 0 Å². The van der Waals surface area contributed by atoms with Crippen LogP contribution in [0.15, 0.2) is 84.6 Å². The number of halogens is 4. The van der Waals surface area contributed by atoms with Gasteiger partial charge in [0.05, 0.1) is 11.7 Å². The summed E-state index contributed by atoms with van der Waals surface area (Å²) in [5, 5.41) is 8.61. The summed E-state index contributed by atoms with van der Waals surface area (Å²) in [5.41, 5.74) is 13.0. The molecular weight excluding hydrogens is 510 g/mol. The van der Waals surface area contributed by atoms with Gasteiger partial charge in [-0.3, -0.25) is 4.79 Å². The molecule has 0 bridgehead atoms. The van der Waals surface area contributed by atoms with Crippen molar-refractivity contribution < 1.29 is 22.4 Å². The lowest BCUT2D eigenvalue weighted by Gasteiger charge is -2.21. The average molecular weight is 542 g/mol. The molecule has 0 aliphatic heterocycles. The maximum atomic E-state index is 14.9. The maximum Gasteiger partial charge on any atom is 0.407 e. The van der Waals surface area contributed by atoms with Crippen LogP contribution in [-0.4, -0.2) is 24.7 Å². The van der Waals surface area contributed by atoms with Gasteiger partial charge in [-0.25, -0.2) is 4.39 Å². The maximum absolute atomic E-state index is 14.9. The molecule has 0 spiro atoms. The lowest BCUT2D eigenvalue weighted by molar-refractivity contribution is -0.137. The predicted molar refractivity (Wildman–Crippen MR) is 144 cm³/mol. The van der Waals surface area contributed by atoms with Crippen molar-refractivity contribution in [3.8, 4) is 0 Å². The van der Waals surface area contributed by atoms with Gasteiger partial charge in [0, 0.05) is 12.2 Å². The van der Waals surface area contributed by atoms with Gasteiger partial charge in [0.15, 0.2) is 0 Å². The number of amides is 1. The number of hydrogen-bond donors (Lipinski definition) is 5. The fourth-order valence-corrected chi connectivity index (χ4v) is 4.07. The van der Waals surface area contributed by atoms with Crippen molar-refractivity contribution in [1.29, 1.82) is 0 Å². The van der Waals surface area contributed by atoms with Crippen molar-refractivity contribution in [3.05, 3.63) is 107 Å². The molecule has 2 unspecified atom stereocenters. The van der Waals surface area contributed by atoms with Crippen LogP contribution in [0.2, 0.25) is 0 Å². The summed E-state index contributed by atoms with van der Waals surface area (Å²) in [6.45, 7) is 0.977. The fraction of sp³-hybridized carbons (Fsp3) is 0.276. The van der Waals surface area contributed by atoms with Crippen molar-refractivity contribution in [2.75, 3.05) is 17.2 Å². The van der Waals surface area contributed by atoms with Gasteiger partial charge in [0.2, 0.25) is 0 Å². The summed E-state index contributed by atoms with van der Waals surface area (Å²) in [7, 11) is 0. The normalized spacial score (nSPS) is 15.5. The number of hydrogen-bond acceptors (Lipinski definition) is 5. The zero-order valence-electron chi connectivity index (χ0n) is 21.1. The first-order valence-corrected chi connectivity index (χ1v) is 12.6. The van der Waals surface area contributed by atoms with Crippen LogP contribution in [0, 0.1) is 11.7 Å². The van der Waals surface area contributed by atoms with Gasteiger partial charge in [-0.05, 0) is 72.3 Å². The first-order chi connectivity index (χ1) is 18.6. The fourth-order valence-electron chi connectivity index (χ4n) is 4.07. The van der Waals surface area contributed by atoms with Crippen molar-refractivity contribution in [2.45, 2.75) is 37.6 Å². The van der Waals surface area contributed by atoms with E-state index in [2.05, 4.69) is 16.0 Å². The average Bonchev–Trinajstić information content (AvgIpc) is 3.75. The Morgan fingerprint density at radius 2 is 1.72 bits per heavy atom. The Balaban J connectivity index is 1.62. The monoisotopic (exact) mass is 541 g/mol. The number of carbonyl (C=O) groups is 1. The van der Waals surface area contributed by atoms with Crippen molar-refractivity contribution in [2.24, 2.45) is 17.4 Å². The van der Waals surface area contributed by atoms with Gasteiger partial charge in [0.25, 0.3) is 5.91 Å². The topological polar surface area (TPSA) is 105 Å². The molecule has 2 atom stereocenters. The molecule has 7 N–H and O–H groups in total. The second-order valence-corrected chi connectivity index (χ2v) is 9.57. The highest BCUT2D eigenvalue weighted by atomic mass is 19.4. The molecule has 1 aliphatic rings. The number of rotatable bonds is 11. The van der Waals surface area contributed by atoms with Gasteiger partial charge in [-0.1, -0.05) is 48.5 Å². The van der Waals surface area contributed by atoms with Crippen molar-refractivity contribution in [1.82, 2.24) is 5.32 Å². The van der Waals surface area contributed by atoms with Gasteiger partial charge >= 0.3 is 6.18 Å². The molecule has 1 amide bonds. The number of nitrogens with one attached hydrogen (secondary N) is 3. The lowest BCUT2D eigenvalue weighted by Crippen LogP contribution is -2.37. The van der Waals surface area contributed by atoms with E-state index in [0.29, 0.717) is 28.8 Å². The van der Waals surface area contributed by atoms with Crippen molar-refractivity contribution in [3.63, 3.8) is 0 Å². The van der Waals surface area contributed by atoms with Gasteiger partial charge in [-0.15, -0.1) is 0 Å². The van der Waals surface area contributed by atoms with Crippen molar-refractivity contribution >= 4 is 17.3 Å². The summed E-state index contributed by atoms with van der Waals surface area (Å²) >= 11 is 0. The van der Waals surface area contributed by atoms with Crippen LogP contribution in [0.1, 0.15) is 35.6 Å². The van der Waals surface area contributed by atoms with E-state index in [1.165, 1.54) is 12.1 Å². The van der Waals surface area contributed by atoms with E-state index < -0.39 is 29.6 Å². The molecule has 6 nitrogen and oxygen atoms in total. The van der Waals surface area contributed by atoms with E-state index >= 15 is 0 Å². The standard InChI is InChI=1S/C29H31F4N5O/c30-23-12-11-21(27(36-17-18-9-10-18)20-6-2-1-3-7-20)14-24(23)38-28(39)25(15-26(35)29(31,32)33)37-22-8-4-5-19(13-22)16-34/h1-8,11-15,18,26-27,36-37H,9-10,16-17,34-35H2,(H,38,39)/b25-15-. The molecule has 0 saturated heterocycles. The molecule has 206 valence electrons. The van der Waals surface area contributed by atoms with Crippen LogP contribution in [-0.2, 0) is 11.3 Å². The largest absolute Gasteiger partial charge is 0.407 e. The van der Waals surface area contributed by atoms with E-state index in [4.69, 9.17) is 11.5 Å². The predicted octanol–water partition coefficient (Wildman–Crippen LogP) is 5.20. The molecule has 3 aromatic carbocycles. The summed E-state index contributed by atoms with van der Waals surface area (Å²) in [6.07, 6.45) is -1.92. The second-order valence-electron chi connectivity index (χ2n) is 9.57. The number of nitrogens with two attached hydrogens (primary N) is 2. The molecule has 0 aromatic heterocycles. The highest BCUT2D eigenvalue weighted by Crippen LogP contribution is 2.31. The zero-order valence-corrected chi connectivity index (χ0v) is 21.1. The van der Waals surface area contributed by atoms with Gasteiger partial charge < -0.3 is 27.4 Å². The summed E-state index contributed by atoms with van der Waals surface area (Å²) in [4.78, 5) is 13.2. The van der Waals surface area contributed by atoms with Gasteiger partial charge in [0.1, 0.15) is 17.6 Å². The Hall–Kier alpha value is -3.73. The molecule has 1 fully saturated rings. The molecule has 0 radical (unpaired) electrons. The minimum absolute atomic E-state index is 0.171. The van der Waals surface area contributed by atoms with E-state index in [-0.39, 0.29) is 18.3 Å². The highest BCUT2D eigenvalue weighted by molar-refractivity contribution is 6.05. The minimum Gasteiger partial charge on any atom is -0.351 e. The quantitative estimate of drug-likeness (QED) is 0.170. The number of carbonyl (C=O) groups excluding carboxylic acids is 1. The molecule has 0 heterocycles. The Morgan fingerprint density at radius 1 is 0.974 bits per heavy atom. The number of benzene rings is 3. The van der Waals surface area contributed by atoms with E-state index in [1.54, 1.807) is 30.3 Å². The summed E-state index contributed by atoms with van der Waals surface area (Å²) in [5.74, 6) is -1.12. The van der Waals surface area contributed by atoms with Crippen LogP contribution < -0.4 is 27.4 Å². The molecule has 10 heteroatoms. The Bertz CT molecular complexity index is 1310. The minimum atomic E-state index is -4.78. The summed E-state index contributed by atoms with van der Waals surface area (Å²) in [6, 6.07) is 17.8. The molecule has 39 heavy (non-hydrogen) atoms. The van der Waals surface area contributed by atoms with E-state index in [1.807, 2.05) is 30.3 Å². The smallest absolute Gasteiger partial charge is 0.351 e. The highest BCUT2D eigenvalue weighted by Gasteiger charge is 2.36. The Labute approximate surface area is 224 Å². The molecule has 1 saturated carbocycles. The van der Waals surface area contributed by atoms with Crippen LogP contribution in [0.5, 0.6) is 0 Å². The Morgan fingerprint density at radius 3 is 2.38 bits per heavy atom. The third kappa shape index (κ3) is 7.89. The Kier molecular flexibility index (Phi) is 9.01. The van der Waals surface area contributed by atoms with Gasteiger partial charge in [-0.2, -0.15) is 13.2 Å². The third-order valence-corrected chi connectivity index (χ3v) is 6.42. The van der Waals surface area contributed by atoms with Crippen LogP contribution in [0.25, 0.3) is 0 Å². The SMILES string of the molecule is NCc1cccc(N/C(=C\C(N)C(F)(F)F)C(=O)Nc2cc(C(NCC3CC3)c3ccccc3)ccc2F)c1. The van der Waals surface area contributed by atoms with Crippen LogP contribution in [0.4, 0.5) is 28.9 Å². The molecule has 1 aliphatic carbocycles. The van der Waals surface area contributed by atoms with E-state index in [0.717, 1.165) is 24.9 Å². The zero-order chi connectivity index (χ0) is 28.0. The van der Waals surface area contributed by atoms with Crippen LogP contribution in [0.3, 0.4) is 0 Å². The molecule has 4 rings (SSSR count). The van der Waals surface area contributed by atoms with E-state index in [9.17, 15) is 22.4 Å². The molecular formula is C29H31F4N5O. The number of alkyl halides is 3. The molecule has 3 aromatic rings. The summed E-state index contributed by atoms with van der Waals surface area (Å²) < 4.78 is 54.6.